The van der Waals surface area contributed by atoms with Gasteiger partial charge in [-0.1, -0.05) is 0 Å². The molecular weight excluding hydrogens is 648 g/mol. The van der Waals surface area contributed by atoms with Gasteiger partial charge in [-0.25, -0.2) is 23.5 Å². The van der Waals surface area contributed by atoms with Crippen LogP contribution in [0.4, 0.5) is 19.4 Å². The first-order chi connectivity index (χ1) is 24.1. The van der Waals surface area contributed by atoms with Crippen LogP contribution in [0.3, 0.4) is 0 Å². The zero-order valence-corrected chi connectivity index (χ0v) is 28.3. The van der Waals surface area contributed by atoms with Crippen LogP contribution in [-0.2, 0) is 13.1 Å². The van der Waals surface area contributed by atoms with Crippen LogP contribution < -0.4 is 33.9 Å². The predicted molar refractivity (Wildman–Crippen MR) is 184 cm³/mol. The van der Waals surface area contributed by atoms with Gasteiger partial charge in [0.2, 0.25) is 5.88 Å². The van der Waals surface area contributed by atoms with Crippen LogP contribution in [0.15, 0.2) is 73.2 Å². The van der Waals surface area contributed by atoms with Gasteiger partial charge in [0.25, 0.3) is 5.92 Å². The van der Waals surface area contributed by atoms with E-state index >= 15 is 0 Å². The molecule has 0 saturated heterocycles. The average Bonchev–Trinajstić information content (AvgIpc) is 3.75. The number of pyridine rings is 3. The Hall–Kier alpha value is -5.72. The number of amides is 1. The minimum Gasteiger partial charge on any atom is -0.497 e. The lowest BCUT2D eigenvalue weighted by molar-refractivity contribution is 0.0986. The average molecular weight is 686 g/mol. The van der Waals surface area contributed by atoms with Gasteiger partial charge in [-0.15, -0.1) is 0 Å². The highest BCUT2D eigenvalue weighted by atomic mass is 19.3. The molecule has 0 bridgehead atoms. The summed E-state index contributed by atoms with van der Waals surface area (Å²) in [4.78, 5) is 28.6. The van der Waals surface area contributed by atoms with Gasteiger partial charge in [-0.3, -0.25) is 4.98 Å². The van der Waals surface area contributed by atoms with Crippen molar-refractivity contribution in [3.8, 4) is 40.1 Å². The zero-order chi connectivity index (χ0) is 35.4. The fraction of sp³-hybridized carbons (Fsp3) is 0.297. The van der Waals surface area contributed by atoms with E-state index < -0.39 is 17.9 Å². The molecule has 1 amide bonds. The standard InChI is InChI=1S/C37H37F2N5O6/c1-22-10-11-40-18-29(22)31-12-25-13-34(50-36(45)42-17-26-16-37(26,38)39)41-19-30(25)35(43-31)44(20-23-6-8-27(46-2)14-32(23)48-4)21-24-7-9-28(47-3)15-33(24)49-5/h6-15,18-19,26H,16-17,20-21H2,1-5H3,(H,42,45). The molecule has 3 heterocycles. The SMILES string of the molecule is COc1ccc(CN(Cc2ccc(OC)cc2OC)c2nc(-c3cnccc3C)cc3cc(OC(=O)NCC4CC4(F)F)ncc23)c(OC)c1. The van der Waals surface area contributed by atoms with E-state index in [1.54, 1.807) is 53.1 Å². The van der Waals surface area contributed by atoms with E-state index in [0.29, 0.717) is 58.4 Å². The fourth-order valence-corrected chi connectivity index (χ4v) is 5.69. The lowest BCUT2D eigenvalue weighted by Gasteiger charge is -2.28. The highest BCUT2D eigenvalue weighted by Gasteiger charge is 2.56. The molecule has 0 spiro atoms. The number of halogens is 2. The number of ether oxygens (including phenoxy) is 5. The van der Waals surface area contributed by atoms with E-state index in [4.69, 9.17) is 28.7 Å². The molecule has 13 heteroatoms. The van der Waals surface area contributed by atoms with Gasteiger partial charge in [0, 0.05) is 90.8 Å². The first-order valence-corrected chi connectivity index (χ1v) is 15.8. The summed E-state index contributed by atoms with van der Waals surface area (Å²) in [5.74, 6) is -0.503. The third-order valence-corrected chi connectivity index (χ3v) is 8.64. The van der Waals surface area contributed by atoms with E-state index in [-0.39, 0.29) is 18.8 Å². The van der Waals surface area contributed by atoms with Crippen molar-refractivity contribution in [3.63, 3.8) is 0 Å². The van der Waals surface area contributed by atoms with Crippen molar-refractivity contribution in [3.05, 3.63) is 89.9 Å². The molecule has 50 heavy (non-hydrogen) atoms. The summed E-state index contributed by atoms with van der Waals surface area (Å²) in [7, 11) is 6.40. The molecule has 260 valence electrons. The first kappa shape index (κ1) is 34.2. The number of hydrogen-bond donors (Lipinski definition) is 1. The summed E-state index contributed by atoms with van der Waals surface area (Å²) in [6.07, 6.45) is 3.92. The Morgan fingerprint density at radius 1 is 0.900 bits per heavy atom. The van der Waals surface area contributed by atoms with Gasteiger partial charge >= 0.3 is 6.09 Å². The summed E-state index contributed by atoms with van der Waals surface area (Å²) in [6.45, 7) is 2.49. The number of aromatic nitrogens is 3. The predicted octanol–water partition coefficient (Wildman–Crippen LogP) is 6.99. The Labute approximate surface area is 288 Å². The van der Waals surface area contributed by atoms with Crippen molar-refractivity contribution < 1.29 is 37.3 Å². The van der Waals surface area contributed by atoms with Crippen molar-refractivity contribution in [2.24, 2.45) is 5.92 Å². The first-order valence-electron chi connectivity index (χ1n) is 15.8. The largest absolute Gasteiger partial charge is 0.497 e. The molecule has 1 unspecified atom stereocenters. The number of nitrogens with zero attached hydrogens (tertiary/aromatic N) is 4. The molecule has 1 N–H and O–H groups in total. The minimum atomic E-state index is -2.75. The molecule has 1 aliphatic carbocycles. The van der Waals surface area contributed by atoms with Crippen LogP contribution in [-0.4, -0.2) is 62.0 Å². The Bertz CT molecular complexity index is 1970. The quantitative estimate of drug-likeness (QED) is 0.139. The number of fused-ring (bicyclic) bond motifs is 1. The molecule has 1 aliphatic rings. The minimum absolute atomic E-state index is 0.00348. The second kappa shape index (κ2) is 14.4. The smallest absolute Gasteiger partial charge is 0.413 e. The Morgan fingerprint density at radius 2 is 1.54 bits per heavy atom. The van der Waals surface area contributed by atoms with Gasteiger partial charge in [0.05, 0.1) is 34.1 Å². The van der Waals surface area contributed by atoms with Crippen molar-refractivity contribution in [2.45, 2.75) is 32.4 Å². The molecule has 1 saturated carbocycles. The zero-order valence-electron chi connectivity index (χ0n) is 28.3. The highest BCUT2D eigenvalue weighted by molar-refractivity contribution is 5.95. The Balaban J connectivity index is 1.46. The summed E-state index contributed by atoms with van der Waals surface area (Å²) >= 11 is 0. The summed E-state index contributed by atoms with van der Waals surface area (Å²) in [5.41, 5.74) is 4.12. The maximum Gasteiger partial charge on any atom is 0.413 e. The van der Waals surface area contributed by atoms with Crippen molar-refractivity contribution in [1.82, 2.24) is 20.3 Å². The number of carbonyl (C=O) groups excluding carboxylic acids is 1. The second-order valence-electron chi connectivity index (χ2n) is 11.9. The summed E-state index contributed by atoms with van der Waals surface area (Å²) in [5, 5.41) is 3.75. The van der Waals surface area contributed by atoms with Crippen molar-refractivity contribution in [2.75, 3.05) is 39.9 Å². The highest BCUT2D eigenvalue weighted by Crippen LogP contribution is 2.48. The van der Waals surface area contributed by atoms with Crippen LogP contribution in [0, 0.1) is 12.8 Å². The van der Waals surface area contributed by atoms with E-state index in [1.165, 1.54) is 0 Å². The van der Waals surface area contributed by atoms with Gasteiger partial charge in [-0.2, -0.15) is 0 Å². The van der Waals surface area contributed by atoms with Crippen LogP contribution >= 0.6 is 0 Å². The van der Waals surface area contributed by atoms with E-state index in [1.807, 2.05) is 55.5 Å². The fourth-order valence-electron chi connectivity index (χ4n) is 5.69. The molecule has 2 aromatic carbocycles. The van der Waals surface area contributed by atoms with Crippen LogP contribution in [0.25, 0.3) is 22.0 Å². The number of nitrogens with one attached hydrogen (secondary N) is 1. The normalized spacial score (nSPS) is 14.5. The van der Waals surface area contributed by atoms with Gasteiger partial charge < -0.3 is 33.9 Å². The number of rotatable bonds is 13. The van der Waals surface area contributed by atoms with Gasteiger partial charge in [0.1, 0.15) is 28.8 Å². The number of aryl methyl sites for hydroxylation is 1. The van der Waals surface area contributed by atoms with Crippen LogP contribution in [0.1, 0.15) is 23.1 Å². The number of anilines is 1. The molecule has 3 aromatic heterocycles. The summed E-state index contributed by atoms with van der Waals surface area (Å²) in [6, 6.07) is 16.7. The molecule has 1 atom stereocenters. The van der Waals surface area contributed by atoms with E-state index in [2.05, 4.69) is 20.2 Å². The maximum atomic E-state index is 13.3. The third kappa shape index (κ3) is 7.46. The van der Waals surface area contributed by atoms with Gasteiger partial charge in [0.15, 0.2) is 0 Å². The molecule has 0 radical (unpaired) electrons. The molecule has 1 fully saturated rings. The monoisotopic (exact) mass is 685 g/mol. The Kier molecular flexibility index (Phi) is 9.84. The maximum absolute atomic E-state index is 13.3. The summed E-state index contributed by atoms with van der Waals surface area (Å²) < 4.78 is 54.5. The van der Waals surface area contributed by atoms with Crippen LogP contribution in [0.5, 0.6) is 28.9 Å². The Morgan fingerprint density at radius 3 is 2.10 bits per heavy atom. The number of alkyl halides is 2. The molecular formula is C37H37F2N5O6. The van der Waals surface area contributed by atoms with Crippen LogP contribution in [0.2, 0.25) is 0 Å². The second-order valence-corrected chi connectivity index (χ2v) is 11.9. The third-order valence-electron chi connectivity index (χ3n) is 8.64. The van der Waals surface area contributed by atoms with E-state index in [9.17, 15) is 13.6 Å². The lowest BCUT2D eigenvalue weighted by atomic mass is 10.0. The molecule has 11 nitrogen and oxygen atoms in total. The van der Waals surface area contributed by atoms with Crippen molar-refractivity contribution >= 4 is 22.7 Å². The number of benzene rings is 2. The van der Waals surface area contributed by atoms with E-state index in [0.717, 1.165) is 22.3 Å². The molecule has 5 aromatic rings. The molecule has 6 rings (SSSR count). The van der Waals surface area contributed by atoms with Crippen molar-refractivity contribution in [1.29, 1.82) is 0 Å². The lowest BCUT2D eigenvalue weighted by Crippen LogP contribution is -2.30. The topological polar surface area (TPSA) is 117 Å². The van der Waals surface area contributed by atoms with Gasteiger partial charge in [-0.05, 0) is 54.3 Å². The number of hydrogen-bond acceptors (Lipinski definition) is 10. The molecule has 0 aliphatic heterocycles. The number of methoxy groups -OCH3 is 4. The number of carbonyl (C=O) groups is 1.